The van der Waals surface area contributed by atoms with Crippen LogP contribution in [-0.2, 0) is 4.79 Å². The van der Waals surface area contributed by atoms with Crippen molar-refractivity contribution in [3.8, 4) is 5.75 Å². The average Bonchev–Trinajstić information content (AvgIpc) is 3.12. The number of hydrogen-bond donors (Lipinski definition) is 0. The van der Waals surface area contributed by atoms with Crippen molar-refractivity contribution >= 4 is 29.1 Å². The van der Waals surface area contributed by atoms with Crippen molar-refractivity contribution in [3.05, 3.63) is 111 Å². The molecule has 0 N–H and O–H groups in total. The van der Waals surface area contributed by atoms with E-state index >= 15 is 0 Å². The number of nitro benzene ring substituents is 1. The minimum absolute atomic E-state index is 0.0216. The van der Waals surface area contributed by atoms with Crippen LogP contribution >= 0.6 is 0 Å². The van der Waals surface area contributed by atoms with E-state index in [2.05, 4.69) is 0 Å². The molecule has 0 spiro atoms. The first kappa shape index (κ1) is 21.1. The molecule has 6 heteroatoms. The van der Waals surface area contributed by atoms with E-state index in [1.165, 1.54) is 11.0 Å². The summed E-state index contributed by atoms with van der Waals surface area (Å²) in [5.74, 6) is 0.525. The number of benzene rings is 3. The second-order valence-electron chi connectivity index (χ2n) is 7.37. The Morgan fingerprint density at radius 3 is 2.41 bits per heavy atom. The molecule has 0 atom stereocenters. The van der Waals surface area contributed by atoms with Gasteiger partial charge in [0.2, 0.25) is 0 Å². The van der Waals surface area contributed by atoms with Gasteiger partial charge in [0.05, 0.1) is 22.9 Å². The number of aryl methyl sites for hydroxylation is 1. The molecule has 1 heterocycles. The van der Waals surface area contributed by atoms with Crippen LogP contribution in [-0.4, -0.2) is 17.4 Å². The number of carbonyl (C=O) groups is 1. The largest absolute Gasteiger partial charge is 0.494 e. The smallest absolute Gasteiger partial charge is 0.274 e. The number of carbonyl (C=O) groups excluding carboxylic acids is 1. The van der Waals surface area contributed by atoms with Gasteiger partial charge < -0.3 is 4.74 Å². The lowest BCUT2D eigenvalue weighted by atomic mass is 10.1. The van der Waals surface area contributed by atoms with Crippen molar-refractivity contribution in [1.82, 2.24) is 0 Å². The summed E-state index contributed by atoms with van der Waals surface area (Å²) >= 11 is 0. The van der Waals surface area contributed by atoms with E-state index in [1.54, 1.807) is 19.1 Å². The molecule has 0 fully saturated rings. The van der Waals surface area contributed by atoms with E-state index in [-0.39, 0.29) is 11.6 Å². The zero-order valence-corrected chi connectivity index (χ0v) is 17.8. The van der Waals surface area contributed by atoms with Crippen molar-refractivity contribution in [3.63, 3.8) is 0 Å². The Kier molecular flexibility index (Phi) is 5.85. The summed E-state index contributed by atoms with van der Waals surface area (Å²) in [5.41, 5.74) is 3.85. The molecule has 32 heavy (non-hydrogen) atoms. The van der Waals surface area contributed by atoms with Crippen molar-refractivity contribution in [2.45, 2.75) is 13.8 Å². The van der Waals surface area contributed by atoms with Crippen molar-refractivity contribution in [2.24, 2.45) is 0 Å². The molecule has 1 aliphatic heterocycles. The minimum Gasteiger partial charge on any atom is -0.494 e. The molecule has 4 rings (SSSR count). The van der Waals surface area contributed by atoms with Crippen LogP contribution in [0.4, 0.5) is 11.4 Å². The first-order valence-electron chi connectivity index (χ1n) is 10.3. The molecule has 0 radical (unpaired) electrons. The van der Waals surface area contributed by atoms with Gasteiger partial charge in [-0.1, -0.05) is 48.5 Å². The minimum atomic E-state index is -0.429. The van der Waals surface area contributed by atoms with Crippen LogP contribution in [0.1, 0.15) is 23.6 Å². The van der Waals surface area contributed by atoms with Gasteiger partial charge in [0.1, 0.15) is 5.75 Å². The lowest BCUT2D eigenvalue weighted by Gasteiger charge is -2.21. The Balaban J connectivity index is 1.78. The van der Waals surface area contributed by atoms with Crippen molar-refractivity contribution in [1.29, 1.82) is 0 Å². The van der Waals surface area contributed by atoms with Gasteiger partial charge in [-0.05, 0) is 55.3 Å². The van der Waals surface area contributed by atoms with Crippen LogP contribution in [0, 0.1) is 17.0 Å². The molecule has 1 amide bonds. The zero-order chi connectivity index (χ0) is 22.7. The molecule has 0 aromatic heterocycles. The summed E-state index contributed by atoms with van der Waals surface area (Å²) in [6.45, 7) is 4.19. The van der Waals surface area contributed by atoms with Gasteiger partial charge >= 0.3 is 0 Å². The fourth-order valence-electron chi connectivity index (χ4n) is 3.63. The summed E-state index contributed by atoms with van der Waals surface area (Å²) in [6.07, 6.45) is 3.63. The second kappa shape index (κ2) is 8.89. The molecule has 6 nitrogen and oxygen atoms in total. The van der Waals surface area contributed by atoms with Crippen LogP contribution in [0.2, 0.25) is 0 Å². The number of amides is 1. The number of rotatable bonds is 6. The van der Waals surface area contributed by atoms with Crippen molar-refractivity contribution < 1.29 is 14.5 Å². The van der Waals surface area contributed by atoms with E-state index in [9.17, 15) is 14.9 Å². The molecule has 1 aliphatic rings. The van der Waals surface area contributed by atoms with Gasteiger partial charge in [-0.2, -0.15) is 0 Å². The predicted octanol–water partition coefficient (Wildman–Crippen LogP) is 5.77. The quantitative estimate of drug-likeness (QED) is 0.285. The molecule has 0 unspecified atom stereocenters. The molecule has 0 bridgehead atoms. The highest BCUT2D eigenvalue weighted by Crippen LogP contribution is 2.37. The lowest BCUT2D eigenvalue weighted by molar-refractivity contribution is -0.385. The fraction of sp³-hybridized carbons (Fsp3) is 0.115. The predicted molar refractivity (Wildman–Crippen MR) is 125 cm³/mol. The van der Waals surface area contributed by atoms with E-state index in [1.807, 2.05) is 73.7 Å². The Morgan fingerprint density at radius 2 is 1.75 bits per heavy atom. The zero-order valence-electron chi connectivity index (χ0n) is 17.8. The van der Waals surface area contributed by atoms with Gasteiger partial charge in [0, 0.05) is 17.2 Å². The third-order valence-corrected chi connectivity index (χ3v) is 5.21. The summed E-state index contributed by atoms with van der Waals surface area (Å²) in [4.78, 5) is 26.0. The Morgan fingerprint density at radius 1 is 1.03 bits per heavy atom. The highest BCUT2D eigenvalue weighted by Gasteiger charge is 2.31. The fourth-order valence-corrected chi connectivity index (χ4v) is 3.63. The van der Waals surface area contributed by atoms with E-state index < -0.39 is 4.92 Å². The van der Waals surface area contributed by atoms with Gasteiger partial charge in [0.15, 0.2) is 0 Å². The SMILES string of the molecule is CCOc1ccc(/C=C2\C=C(c3ccccc3)N(c3ccc(C)c([N+](=O)[O-])c3)C2=O)cc1. The molecule has 3 aromatic rings. The van der Waals surface area contributed by atoms with Crippen LogP contribution in [0.25, 0.3) is 11.8 Å². The Hall–Kier alpha value is -4.19. The average molecular weight is 426 g/mol. The van der Waals surface area contributed by atoms with Gasteiger partial charge in [-0.3, -0.25) is 19.8 Å². The molecule has 160 valence electrons. The van der Waals surface area contributed by atoms with Gasteiger partial charge in [0.25, 0.3) is 11.6 Å². The summed E-state index contributed by atoms with van der Waals surface area (Å²) in [5, 5.41) is 11.5. The maximum Gasteiger partial charge on any atom is 0.274 e. The van der Waals surface area contributed by atoms with Crippen LogP contribution in [0.3, 0.4) is 0 Å². The monoisotopic (exact) mass is 426 g/mol. The third kappa shape index (κ3) is 4.16. The molecule has 3 aromatic carbocycles. The first-order valence-corrected chi connectivity index (χ1v) is 10.3. The van der Waals surface area contributed by atoms with E-state index in [0.29, 0.717) is 29.1 Å². The first-order chi connectivity index (χ1) is 15.5. The second-order valence-corrected chi connectivity index (χ2v) is 7.37. The number of ether oxygens (including phenoxy) is 1. The standard InChI is InChI=1S/C26H22N2O4/c1-3-32-23-13-10-19(11-14-23)15-21-16-25(20-7-5-4-6-8-20)27(26(21)29)22-12-9-18(2)24(17-22)28(30)31/h4-17H,3H2,1-2H3/b21-15+. The highest BCUT2D eigenvalue weighted by atomic mass is 16.6. The van der Waals surface area contributed by atoms with Gasteiger partial charge in [-0.15, -0.1) is 0 Å². The van der Waals surface area contributed by atoms with E-state index in [4.69, 9.17) is 4.74 Å². The maximum atomic E-state index is 13.4. The third-order valence-electron chi connectivity index (χ3n) is 5.21. The topological polar surface area (TPSA) is 72.7 Å². The molecular weight excluding hydrogens is 404 g/mol. The highest BCUT2D eigenvalue weighted by molar-refractivity contribution is 6.23. The van der Waals surface area contributed by atoms with Gasteiger partial charge in [-0.25, -0.2) is 0 Å². The molecular formula is C26H22N2O4. The molecule has 0 saturated carbocycles. The van der Waals surface area contributed by atoms with Crippen LogP contribution < -0.4 is 9.64 Å². The molecule has 0 aliphatic carbocycles. The molecule has 0 saturated heterocycles. The maximum absolute atomic E-state index is 13.4. The number of anilines is 1. The number of nitrogens with zero attached hydrogens (tertiary/aromatic N) is 2. The van der Waals surface area contributed by atoms with Crippen LogP contribution in [0.15, 0.2) is 84.4 Å². The summed E-state index contributed by atoms with van der Waals surface area (Å²) in [6, 6.07) is 21.9. The summed E-state index contributed by atoms with van der Waals surface area (Å²) < 4.78 is 5.48. The Labute approximate surface area is 186 Å². The Bertz CT molecular complexity index is 1230. The number of hydrogen-bond acceptors (Lipinski definition) is 4. The normalized spacial score (nSPS) is 14.6. The van der Waals surface area contributed by atoms with Crippen molar-refractivity contribution in [2.75, 3.05) is 11.5 Å². The lowest BCUT2D eigenvalue weighted by Crippen LogP contribution is -2.25. The van der Waals surface area contributed by atoms with Crippen LogP contribution in [0.5, 0.6) is 5.75 Å². The number of nitro groups is 1. The summed E-state index contributed by atoms with van der Waals surface area (Å²) in [7, 11) is 0. The van der Waals surface area contributed by atoms with E-state index in [0.717, 1.165) is 16.9 Å².